The van der Waals surface area contributed by atoms with Gasteiger partial charge in [-0.15, -0.1) is 0 Å². The molecular weight excluding hydrogens is 350 g/mol. The highest BCUT2D eigenvalue weighted by atomic mass is 16.5. The molecule has 0 bridgehead atoms. The van der Waals surface area contributed by atoms with E-state index in [0.29, 0.717) is 34.3 Å². The molecule has 2 aromatic heterocycles. The zero-order chi connectivity index (χ0) is 19.4. The summed E-state index contributed by atoms with van der Waals surface area (Å²) in [6, 6.07) is 10.5. The van der Waals surface area contributed by atoms with Crippen molar-refractivity contribution in [3.63, 3.8) is 0 Å². The van der Waals surface area contributed by atoms with Crippen molar-refractivity contribution in [3.05, 3.63) is 48.3 Å². The van der Waals surface area contributed by atoms with Crippen LogP contribution in [0.15, 0.2) is 42.6 Å². The van der Waals surface area contributed by atoms with Crippen molar-refractivity contribution >= 4 is 5.97 Å². The minimum Gasteiger partial charge on any atom is -0.493 e. The van der Waals surface area contributed by atoms with E-state index in [1.54, 1.807) is 36.5 Å². The van der Waals surface area contributed by atoms with Crippen molar-refractivity contribution in [2.75, 3.05) is 28.4 Å². The number of aromatic nitrogens is 3. The third-order valence-electron chi connectivity index (χ3n) is 3.93. The molecule has 27 heavy (non-hydrogen) atoms. The third kappa shape index (κ3) is 3.41. The normalized spacial score (nSPS) is 10.4. The van der Waals surface area contributed by atoms with Gasteiger partial charge in [0.1, 0.15) is 0 Å². The molecule has 0 aliphatic heterocycles. The SMILES string of the molecule is COC(=O)c1cc(-c2cc(OC)c(OC)c(OC)c2)nn1-c1ccccn1. The molecule has 0 aliphatic carbocycles. The van der Waals surface area contributed by atoms with E-state index in [0.717, 1.165) is 0 Å². The van der Waals surface area contributed by atoms with Crippen LogP contribution in [0.25, 0.3) is 17.1 Å². The van der Waals surface area contributed by atoms with Crippen molar-refractivity contribution in [2.45, 2.75) is 0 Å². The van der Waals surface area contributed by atoms with Crippen LogP contribution in [0, 0.1) is 0 Å². The van der Waals surface area contributed by atoms with Crippen LogP contribution >= 0.6 is 0 Å². The van der Waals surface area contributed by atoms with Gasteiger partial charge in [0.25, 0.3) is 0 Å². The van der Waals surface area contributed by atoms with Gasteiger partial charge in [-0.3, -0.25) is 0 Å². The second-order valence-electron chi connectivity index (χ2n) is 5.42. The van der Waals surface area contributed by atoms with Crippen molar-refractivity contribution in [3.8, 4) is 34.3 Å². The molecule has 0 unspecified atom stereocenters. The van der Waals surface area contributed by atoms with Crippen LogP contribution in [0.2, 0.25) is 0 Å². The Labute approximate surface area is 156 Å². The number of methoxy groups -OCH3 is 4. The fourth-order valence-electron chi connectivity index (χ4n) is 2.65. The Kier molecular flexibility index (Phi) is 5.25. The van der Waals surface area contributed by atoms with Crippen molar-refractivity contribution in [2.24, 2.45) is 0 Å². The average Bonchev–Trinajstić information content (AvgIpc) is 3.18. The quantitative estimate of drug-likeness (QED) is 0.618. The monoisotopic (exact) mass is 369 g/mol. The predicted octanol–water partition coefficient (Wildman–Crippen LogP) is 2.75. The zero-order valence-corrected chi connectivity index (χ0v) is 15.4. The van der Waals surface area contributed by atoms with Crippen LogP contribution in [-0.4, -0.2) is 49.2 Å². The van der Waals surface area contributed by atoms with E-state index in [4.69, 9.17) is 18.9 Å². The Bertz CT molecular complexity index is 928. The molecule has 0 radical (unpaired) electrons. The summed E-state index contributed by atoms with van der Waals surface area (Å²) in [4.78, 5) is 16.5. The number of pyridine rings is 1. The molecule has 2 heterocycles. The highest BCUT2D eigenvalue weighted by Crippen LogP contribution is 2.41. The number of hydrogen-bond acceptors (Lipinski definition) is 7. The van der Waals surface area contributed by atoms with Crippen LogP contribution in [-0.2, 0) is 4.74 Å². The Morgan fingerprint density at radius 2 is 1.67 bits per heavy atom. The van der Waals surface area contributed by atoms with Gasteiger partial charge in [0.15, 0.2) is 23.0 Å². The van der Waals surface area contributed by atoms with Gasteiger partial charge in [0.2, 0.25) is 5.75 Å². The standard InChI is InChI=1S/C19H19N3O5/c1-24-15-9-12(10-16(25-2)18(15)26-3)13-11-14(19(23)27-4)22(21-13)17-7-5-6-8-20-17/h5-11H,1-4H3. The van der Waals surface area contributed by atoms with Crippen molar-refractivity contribution in [1.82, 2.24) is 14.8 Å². The first-order valence-electron chi connectivity index (χ1n) is 8.03. The van der Waals surface area contributed by atoms with Crippen LogP contribution in [0.1, 0.15) is 10.5 Å². The lowest BCUT2D eigenvalue weighted by Gasteiger charge is -2.13. The molecule has 0 aliphatic rings. The first-order chi connectivity index (χ1) is 13.1. The lowest BCUT2D eigenvalue weighted by atomic mass is 10.1. The van der Waals surface area contributed by atoms with Gasteiger partial charge in [0.05, 0.1) is 34.1 Å². The number of hydrogen-bond donors (Lipinski definition) is 0. The lowest BCUT2D eigenvalue weighted by molar-refractivity contribution is 0.0590. The zero-order valence-electron chi connectivity index (χ0n) is 15.4. The predicted molar refractivity (Wildman–Crippen MR) is 97.8 cm³/mol. The first kappa shape index (κ1) is 18.2. The Morgan fingerprint density at radius 1 is 0.963 bits per heavy atom. The molecule has 3 rings (SSSR count). The van der Waals surface area contributed by atoms with E-state index in [2.05, 4.69) is 10.1 Å². The maximum Gasteiger partial charge on any atom is 0.356 e. The molecule has 3 aromatic rings. The summed E-state index contributed by atoms with van der Waals surface area (Å²) < 4.78 is 22.4. The largest absolute Gasteiger partial charge is 0.493 e. The summed E-state index contributed by atoms with van der Waals surface area (Å²) in [6.45, 7) is 0. The van der Waals surface area contributed by atoms with Crippen LogP contribution in [0.3, 0.4) is 0 Å². The molecule has 140 valence electrons. The van der Waals surface area contributed by atoms with Gasteiger partial charge in [-0.25, -0.2) is 14.5 Å². The summed E-state index contributed by atoms with van der Waals surface area (Å²) in [5, 5.41) is 4.53. The number of esters is 1. The molecule has 0 saturated carbocycles. The van der Waals surface area contributed by atoms with Gasteiger partial charge in [0, 0.05) is 11.8 Å². The summed E-state index contributed by atoms with van der Waals surface area (Å²) in [5.41, 5.74) is 1.46. The maximum atomic E-state index is 12.2. The van der Waals surface area contributed by atoms with Crippen molar-refractivity contribution in [1.29, 1.82) is 0 Å². The number of carbonyl (C=O) groups excluding carboxylic acids is 1. The molecule has 0 fully saturated rings. The van der Waals surface area contributed by atoms with E-state index in [9.17, 15) is 4.79 Å². The van der Waals surface area contributed by atoms with Gasteiger partial charge in [-0.1, -0.05) is 6.07 Å². The third-order valence-corrected chi connectivity index (χ3v) is 3.93. The Balaban J connectivity index is 2.18. The highest BCUT2D eigenvalue weighted by molar-refractivity contribution is 5.89. The lowest BCUT2D eigenvalue weighted by Crippen LogP contribution is -2.11. The van der Waals surface area contributed by atoms with Crippen LogP contribution < -0.4 is 14.2 Å². The summed E-state index contributed by atoms with van der Waals surface area (Å²) >= 11 is 0. The average molecular weight is 369 g/mol. The van der Waals surface area contributed by atoms with E-state index < -0.39 is 5.97 Å². The second kappa shape index (κ2) is 7.77. The number of nitrogens with zero attached hydrogens (tertiary/aromatic N) is 3. The van der Waals surface area contributed by atoms with Crippen molar-refractivity contribution < 1.29 is 23.7 Å². The Hall–Kier alpha value is -3.55. The first-order valence-corrected chi connectivity index (χ1v) is 8.03. The molecule has 8 nitrogen and oxygen atoms in total. The minimum absolute atomic E-state index is 0.250. The molecule has 8 heteroatoms. The number of ether oxygens (including phenoxy) is 4. The maximum absolute atomic E-state index is 12.2. The van der Waals surface area contributed by atoms with E-state index in [-0.39, 0.29) is 5.69 Å². The molecule has 0 N–H and O–H groups in total. The molecule has 0 atom stereocenters. The number of carbonyl (C=O) groups is 1. The molecular formula is C19H19N3O5. The summed E-state index contributed by atoms with van der Waals surface area (Å²) in [6.07, 6.45) is 1.62. The second-order valence-corrected chi connectivity index (χ2v) is 5.42. The molecule has 1 aromatic carbocycles. The smallest absolute Gasteiger partial charge is 0.356 e. The summed E-state index contributed by atoms with van der Waals surface area (Å²) in [5.74, 6) is 1.42. The Morgan fingerprint density at radius 3 is 2.19 bits per heavy atom. The molecule has 0 saturated heterocycles. The van der Waals surface area contributed by atoms with Gasteiger partial charge < -0.3 is 18.9 Å². The van der Waals surface area contributed by atoms with Crippen LogP contribution in [0.5, 0.6) is 17.2 Å². The summed E-state index contributed by atoms with van der Waals surface area (Å²) in [7, 11) is 5.92. The fourth-order valence-corrected chi connectivity index (χ4v) is 2.65. The van der Waals surface area contributed by atoms with E-state index in [1.807, 2.05) is 6.07 Å². The van der Waals surface area contributed by atoms with E-state index in [1.165, 1.54) is 33.1 Å². The van der Waals surface area contributed by atoms with Crippen LogP contribution in [0.4, 0.5) is 0 Å². The highest BCUT2D eigenvalue weighted by Gasteiger charge is 2.21. The minimum atomic E-state index is -0.521. The van der Waals surface area contributed by atoms with E-state index >= 15 is 0 Å². The molecule has 0 amide bonds. The number of benzene rings is 1. The van der Waals surface area contributed by atoms with Gasteiger partial charge >= 0.3 is 5.97 Å². The van der Waals surface area contributed by atoms with Gasteiger partial charge in [-0.05, 0) is 30.3 Å². The van der Waals surface area contributed by atoms with Gasteiger partial charge in [-0.2, -0.15) is 5.10 Å². The fraction of sp³-hybridized carbons (Fsp3) is 0.211. The topological polar surface area (TPSA) is 84.7 Å². The molecule has 0 spiro atoms. The number of rotatable bonds is 6.